The zero-order valence-corrected chi connectivity index (χ0v) is 15.3. The third-order valence-corrected chi connectivity index (χ3v) is 5.75. The zero-order valence-electron chi connectivity index (χ0n) is 15.3. The van der Waals surface area contributed by atoms with E-state index < -0.39 is 5.41 Å². The van der Waals surface area contributed by atoms with Crippen molar-refractivity contribution in [2.75, 3.05) is 39.4 Å². The van der Waals surface area contributed by atoms with Gasteiger partial charge in [-0.3, -0.25) is 9.69 Å². The summed E-state index contributed by atoms with van der Waals surface area (Å²) in [4.78, 5) is 15.3. The Bertz CT molecular complexity index is 596. The number of rotatable bonds is 7. The largest absolute Gasteiger partial charge is 0.379 e. The van der Waals surface area contributed by atoms with Crippen LogP contribution in [0.15, 0.2) is 24.3 Å². The second-order valence-corrected chi connectivity index (χ2v) is 7.89. The molecule has 1 N–H and O–H groups in total. The number of nitrogens with zero attached hydrogens (tertiary/aromatic N) is 1. The summed E-state index contributed by atoms with van der Waals surface area (Å²) < 4.78 is 18.6. The fourth-order valence-corrected chi connectivity index (χ4v) is 4.00. The second-order valence-electron chi connectivity index (χ2n) is 7.89. The third kappa shape index (κ3) is 3.87. The fraction of sp³-hybridized carbons (Fsp3) is 0.650. The van der Waals surface area contributed by atoms with Crippen molar-refractivity contribution in [2.45, 2.75) is 38.5 Å². The van der Waals surface area contributed by atoms with Crippen molar-refractivity contribution in [2.24, 2.45) is 5.41 Å². The predicted octanol–water partition coefficient (Wildman–Crippen LogP) is 2.72. The van der Waals surface area contributed by atoms with Gasteiger partial charge < -0.3 is 10.1 Å². The van der Waals surface area contributed by atoms with Gasteiger partial charge in [-0.2, -0.15) is 0 Å². The number of hydrogen-bond donors (Lipinski definition) is 1. The SMILES string of the molecule is CC1(C)CC1(C(=O)NCCCCN1CCOCC1)c1ccc(F)cc1. The van der Waals surface area contributed by atoms with Crippen LogP contribution in [0, 0.1) is 11.2 Å². The summed E-state index contributed by atoms with van der Waals surface area (Å²) >= 11 is 0. The monoisotopic (exact) mass is 348 g/mol. The molecule has 1 aliphatic carbocycles. The maximum absolute atomic E-state index is 13.2. The smallest absolute Gasteiger partial charge is 0.231 e. The highest BCUT2D eigenvalue weighted by Gasteiger charge is 2.66. The molecule has 1 saturated carbocycles. The first-order valence-electron chi connectivity index (χ1n) is 9.30. The minimum atomic E-state index is -0.509. The van der Waals surface area contributed by atoms with Crippen molar-refractivity contribution in [3.8, 4) is 0 Å². The normalized spacial score (nSPS) is 25.6. The molecule has 0 bridgehead atoms. The molecule has 5 heteroatoms. The third-order valence-electron chi connectivity index (χ3n) is 5.75. The Kier molecular flexibility index (Phi) is 5.44. The Labute approximate surface area is 149 Å². The van der Waals surface area contributed by atoms with E-state index >= 15 is 0 Å². The number of carbonyl (C=O) groups is 1. The van der Waals surface area contributed by atoms with Crippen LogP contribution in [0.3, 0.4) is 0 Å². The highest BCUT2D eigenvalue weighted by Crippen LogP contribution is 2.64. The van der Waals surface area contributed by atoms with Gasteiger partial charge in [0.15, 0.2) is 0 Å². The molecule has 3 rings (SSSR count). The van der Waals surface area contributed by atoms with Crippen LogP contribution in [0.4, 0.5) is 4.39 Å². The number of hydrogen-bond acceptors (Lipinski definition) is 3. The van der Waals surface area contributed by atoms with Crippen LogP contribution < -0.4 is 5.32 Å². The lowest BCUT2D eigenvalue weighted by Gasteiger charge is -2.26. The quantitative estimate of drug-likeness (QED) is 0.771. The summed E-state index contributed by atoms with van der Waals surface area (Å²) in [5.74, 6) is -0.184. The second kappa shape index (κ2) is 7.42. The number of carbonyl (C=O) groups excluding carboxylic acids is 1. The standard InChI is InChI=1S/C20H29FN2O2/c1-19(2)15-20(19,16-5-7-17(21)8-6-16)18(24)22-9-3-4-10-23-11-13-25-14-12-23/h5-8H,3-4,9-15H2,1-2H3,(H,22,24). The molecular weight excluding hydrogens is 319 g/mol. The Morgan fingerprint density at radius 3 is 2.44 bits per heavy atom. The molecule has 4 nitrogen and oxygen atoms in total. The Balaban J connectivity index is 1.48. The minimum Gasteiger partial charge on any atom is -0.379 e. The van der Waals surface area contributed by atoms with Gasteiger partial charge in [-0.15, -0.1) is 0 Å². The summed E-state index contributed by atoms with van der Waals surface area (Å²) in [5, 5.41) is 3.12. The van der Waals surface area contributed by atoms with Crippen molar-refractivity contribution in [1.29, 1.82) is 0 Å². The predicted molar refractivity (Wildman–Crippen MR) is 96.0 cm³/mol. The van der Waals surface area contributed by atoms with E-state index in [0.717, 1.165) is 57.7 Å². The molecule has 0 spiro atoms. The van der Waals surface area contributed by atoms with Crippen molar-refractivity contribution < 1.29 is 13.9 Å². The molecule has 1 amide bonds. The molecule has 2 aliphatic rings. The lowest BCUT2D eigenvalue weighted by molar-refractivity contribution is -0.124. The van der Waals surface area contributed by atoms with Gasteiger partial charge in [-0.25, -0.2) is 4.39 Å². The van der Waals surface area contributed by atoms with Gasteiger partial charge in [0.1, 0.15) is 5.82 Å². The number of halogens is 1. The molecule has 138 valence electrons. The Morgan fingerprint density at radius 1 is 1.20 bits per heavy atom. The number of nitrogens with one attached hydrogen (secondary N) is 1. The molecule has 1 heterocycles. The van der Waals surface area contributed by atoms with E-state index in [1.165, 1.54) is 12.1 Å². The Hall–Kier alpha value is -1.46. The van der Waals surface area contributed by atoms with Gasteiger partial charge in [0.25, 0.3) is 0 Å². The number of unbranched alkanes of at least 4 members (excludes halogenated alkanes) is 1. The summed E-state index contributed by atoms with van der Waals surface area (Å²) in [7, 11) is 0. The van der Waals surface area contributed by atoms with E-state index in [9.17, 15) is 9.18 Å². The molecule has 0 radical (unpaired) electrons. The average molecular weight is 348 g/mol. The maximum atomic E-state index is 13.2. The van der Waals surface area contributed by atoms with Crippen molar-refractivity contribution >= 4 is 5.91 Å². The molecule has 2 fully saturated rings. The minimum absolute atomic E-state index is 0.0791. The summed E-state index contributed by atoms with van der Waals surface area (Å²) in [6.07, 6.45) is 2.86. The van der Waals surface area contributed by atoms with Crippen molar-refractivity contribution in [3.05, 3.63) is 35.6 Å². The molecule has 1 aromatic carbocycles. The molecule has 0 aromatic heterocycles. The van der Waals surface area contributed by atoms with E-state index in [4.69, 9.17) is 4.74 Å². The van der Waals surface area contributed by atoms with Crippen molar-refractivity contribution in [1.82, 2.24) is 10.2 Å². The van der Waals surface area contributed by atoms with Crippen LogP contribution in [0.1, 0.15) is 38.7 Å². The van der Waals surface area contributed by atoms with Gasteiger partial charge in [0.2, 0.25) is 5.91 Å². The van der Waals surface area contributed by atoms with E-state index in [-0.39, 0.29) is 17.1 Å². The number of morpholine rings is 1. The van der Waals surface area contributed by atoms with Crippen LogP contribution in [0.5, 0.6) is 0 Å². The lowest BCUT2D eigenvalue weighted by Crippen LogP contribution is -2.39. The van der Waals surface area contributed by atoms with Gasteiger partial charge in [0, 0.05) is 19.6 Å². The first kappa shape index (κ1) is 18.3. The van der Waals surface area contributed by atoms with E-state index in [0.29, 0.717) is 6.54 Å². The van der Waals surface area contributed by atoms with E-state index in [2.05, 4.69) is 24.1 Å². The van der Waals surface area contributed by atoms with Crippen LogP contribution in [-0.4, -0.2) is 50.2 Å². The number of benzene rings is 1. The topological polar surface area (TPSA) is 41.6 Å². The van der Waals surface area contributed by atoms with Crippen LogP contribution in [-0.2, 0) is 14.9 Å². The first-order valence-corrected chi connectivity index (χ1v) is 9.30. The fourth-order valence-electron chi connectivity index (χ4n) is 4.00. The highest BCUT2D eigenvalue weighted by molar-refractivity contribution is 5.93. The van der Waals surface area contributed by atoms with Crippen molar-refractivity contribution in [3.63, 3.8) is 0 Å². The lowest BCUT2D eigenvalue weighted by atomic mass is 9.87. The first-order chi connectivity index (χ1) is 12.0. The summed E-state index contributed by atoms with van der Waals surface area (Å²) in [5.41, 5.74) is 0.331. The van der Waals surface area contributed by atoms with Gasteiger partial charge >= 0.3 is 0 Å². The average Bonchev–Trinajstić information content (AvgIpc) is 3.20. The molecular formula is C20H29FN2O2. The maximum Gasteiger partial charge on any atom is 0.231 e. The molecule has 1 aliphatic heterocycles. The number of amides is 1. The molecule has 25 heavy (non-hydrogen) atoms. The molecule has 1 atom stereocenters. The summed E-state index contributed by atoms with van der Waals surface area (Å²) in [6.45, 7) is 9.64. The highest BCUT2D eigenvalue weighted by atomic mass is 19.1. The van der Waals surface area contributed by atoms with Gasteiger partial charge in [-0.1, -0.05) is 26.0 Å². The van der Waals surface area contributed by atoms with E-state index in [1.54, 1.807) is 12.1 Å². The molecule has 1 aromatic rings. The van der Waals surface area contributed by atoms with Crippen LogP contribution in [0.2, 0.25) is 0 Å². The number of ether oxygens (including phenoxy) is 1. The van der Waals surface area contributed by atoms with Crippen LogP contribution in [0.25, 0.3) is 0 Å². The molecule has 1 saturated heterocycles. The van der Waals surface area contributed by atoms with Crippen LogP contribution >= 0.6 is 0 Å². The van der Waals surface area contributed by atoms with Gasteiger partial charge in [-0.05, 0) is 48.9 Å². The molecule has 1 unspecified atom stereocenters. The summed E-state index contributed by atoms with van der Waals surface area (Å²) in [6, 6.07) is 6.40. The van der Waals surface area contributed by atoms with E-state index in [1.807, 2.05) is 0 Å². The van der Waals surface area contributed by atoms with Gasteiger partial charge in [0.05, 0.1) is 18.6 Å². The Morgan fingerprint density at radius 2 is 1.84 bits per heavy atom. The zero-order chi connectivity index (χ0) is 17.9.